The van der Waals surface area contributed by atoms with Gasteiger partial charge in [0.15, 0.2) is 0 Å². The molecule has 2 rings (SSSR count). The van der Waals surface area contributed by atoms with Crippen LogP contribution in [0.25, 0.3) is 0 Å². The molecule has 1 aromatic rings. The fourth-order valence-electron chi connectivity index (χ4n) is 2.88. The van der Waals surface area contributed by atoms with Crippen molar-refractivity contribution >= 4 is 17.6 Å². The molecule has 0 radical (unpaired) electrons. The first-order valence-electron chi connectivity index (χ1n) is 7.79. The van der Waals surface area contributed by atoms with Crippen LogP contribution in [0.2, 0.25) is 0 Å². The highest BCUT2D eigenvalue weighted by Crippen LogP contribution is 2.29. The summed E-state index contributed by atoms with van der Waals surface area (Å²) >= 11 is 0. The molecular formula is C17H17F3N2O3. The molecule has 134 valence electrons. The summed E-state index contributed by atoms with van der Waals surface area (Å²) in [4.78, 5) is 24.1. The first-order valence-corrected chi connectivity index (χ1v) is 7.79. The van der Waals surface area contributed by atoms with Gasteiger partial charge in [0.2, 0.25) is 0 Å². The number of alkyl halides is 3. The fourth-order valence-corrected chi connectivity index (χ4v) is 2.88. The Balaban J connectivity index is 1.90. The molecule has 0 amide bonds. The monoisotopic (exact) mass is 354 g/mol. The third kappa shape index (κ3) is 4.72. The molecule has 1 fully saturated rings. The molecule has 1 aromatic carbocycles. The number of benzene rings is 1. The van der Waals surface area contributed by atoms with Crippen LogP contribution in [0.15, 0.2) is 18.2 Å². The van der Waals surface area contributed by atoms with Crippen LogP contribution in [-0.2, 0) is 14.3 Å². The number of rotatable bonds is 3. The van der Waals surface area contributed by atoms with E-state index in [2.05, 4.69) is 10.8 Å². The molecule has 1 aliphatic rings. The van der Waals surface area contributed by atoms with Gasteiger partial charge in [-0.2, -0.15) is 18.4 Å². The zero-order valence-electron chi connectivity index (χ0n) is 13.6. The summed E-state index contributed by atoms with van der Waals surface area (Å²) in [6, 6.07) is 7.74. The average Bonchev–Trinajstić information content (AvgIpc) is 2.54. The molecule has 1 aliphatic heterocycles. The highest BCUT2D eigenvalue weighted by atomic mass is 19.4. The number of hydrogen-bond acceptors (Lipinski definition) is 5. The Hall–Kier alpha value is -2.56. The lowest BCUT2D eigenvalue weighted by Crippen LogP contribution is -2.35. The number of esters is 2. The second-order valence-electron chi connectivity index (χ2n) is 5.97. The maximum atomic E-state index is 12.1. The van der Waals surface area contributed by atoms with Crippen molar-refractivity contribution in [2.24, 2.45) is 5.92 Å². The molecule has 0 bridgehead atoms. The molecule has 8 heteroatoms. The first kappa shape index (κ1) is 18.8. The molecule has 0 unspecified atom stereocenters. The Bertz CT molecular complexity index is 702. The van der Waals surface area contributed by atoms with E-state index in [4.69, 9.17) is 0 Å². The Morgan fingerprint density at radius 3 is 2.52 bits per heavy atom. The van der Waals surface area contributed by atoms with E-state index in [9.17, 15) is 28.0 Å². The van der Waals surface area contributed by atoms with Crippen LogP contribution in [0.3, 0.4) is 0 Å². The molecule has 0 aromatic heterocycles. The van der Waals surface area contributed by atoms with Gasteiger partial charge >= 0.3 is 18.1 Å². The third-order valence-electron chi connectivity index (χ3n) is 4.21. The third-order valence-corrected chi connectivity index (χ3v) is 4.21. The number of nitriles is 1. The number of ether oxygens (including phenoxy) is 1. The minimum absolute atomic E-state index is 0.153. The van der Waals surface area contributed by atoms with Crippen LogP contribution in [0, 0.1) is 24.2 Å². The Morgan fingerprint density at radius 2 is 1.96 bits per heavy atom. The Labute approximate surface area is 143 Å². The molecule has 5 nitrogen and oxygen atoms in total. The largest absolute Gasteiger partial charge is 0.491 e. The lowest BCUT2D eigenvalue weighted by molar-refractivity contribution is -0.202. The fraction of sp³-hybridized carbons (Fsp3) is 0.471. The van der Waals surface area contributed by atoms with E-state index < -0.39 is 18.1 Å². The van der Waals surface area contributed by atoms with E-state index in [0.717, 1.165) is 11.3 Å². The smallest absolute Gasteiger partial charge is 0.386 e. The van der Waals surface area contributed by atoms with Crippen molar-refractivity contribution in [1.29, 1.82) is 5.26 Å². The number of hydrogen-bond donors (Lipinski definition) is 0. The van der Waals surface area contributed by atoms with Crippen molar-refractivity contribution in [3.8, 4) is 6.07 Å². The summed E-state index contributed by atoms with van der Waals surface area (Å²) in [5, 5.41) is 9.29. The Kier molecular flexibility index (Phi) is 5.67. The number of aryl methyl sites for hydroxylation is 1. The van der Waals surface area contributed by atoms with Crippen LogP contribution in [0.5, 0.6) is 0 Å². The minimum atomic E-state index is -5.17. The zero-order chi connectivity index (χ0) is 18.6. The summed E-state index contributed by atoms with van der Waals surface area (Å²) in [6.07, 6.45) is -4.27. The molecular weight excluding hydrogens is 337 g/mol. The topological polar surface area (TPSA) is 70.4 Å². The summed E-state index contributed by atoms with van der Waals surface area (Å²) in [5.74, 6) is -3.79. The average molecular weight is 354 g/mol. The molecule has 0 aliphatic carbocycles. The highest BCUT2D eigenvalue weighted by molar-refractivity contribution is 5.88. The van der Waals surface area contributed by atoms with Crippen LogP contribution >= 0.6 is 0 Å². The zero-order valence-corrected chi connectivity index (χ0v) is 13.6. The quantitative estimate of drug-likeness (QED) is 0.616. The van der Waals surface area contributed by atoms with E-state index in [-0.39, 0.29) is 12.3 Å². The number of piperidine rings is 1. The van der Waals surface area contributed by atoms with Crippen molar-refractivity contribution in [2.45, 2.75) is 32.4 Å². The van der Waals surface area contributed by atoms with Crippen LogP contribution in [0.1, 0.15) is 30.4 Å². The molecule has 1 heterocycles. The number of anilines is 1. The lowest BCUT2D eigenvalue weighted by Gasteiger charge is -2.34. The van der Waals surface area contributed by atoms with E-state index in [0.29, 0.717) is 31.5 Å². The van der Waals surface area contributed by atoms with Crippen LogP contribution in [-0.4, -0.2) is 31.2 Å². The van der Waals surface area contributed by atoms with Crippen molar-refractivity contribution in [1.82, 2.24) is 0 Å². The van der Waals surface area contributed by atoms with E-state index in [1.165, 1.54) is 0 Å². The predicted molar refractivity (Wildman–Crippen MR) is 82.6 cm³/mol. The van der Waals surface area contributed by atoms with Gasteiger partial charge in [0.1, 0.15) is 6.07 Å². The van der Waals surface area contributed by atoms with Crippen molar-refractivity contribution < 1.29 is 27.5 Å². The van der Waals surface area contributed by atoms with Gasteiger partial charge < -0.3 is 9.64 Å². The number of carbonyl (C=O) groups excluding carboxylic acids is 2. The lowest BCUT2D eigenvalue weighted by atomic mass is 9.92. The summed E-state index contributed by atoms with van der Waals surface area (Å²) < 4.78 is 40.0. The number of halogens is 3. The Morgan fingerprint density at radius 1 is 1.32 bits per heavy atom. The first-order chi connectivity index (χ1) is 11.7. The number of carbonyl (C=O) groups is 2. The van der Waals surface area contributed by atoms with E-state index in [1.807, 2.05) is 30.0 Å². The van der Waals surface area contributed by atoms with Gasteiger partial charge in [0.25, 0.3) is 0 Å². The van der Waals surface area contributed by atoms with Crippen molar-refractivity contribution in [2.75, 3.05) is 18.0 Å². The highest BCUT2D eigenvalue weighted by Gasteiger charge is 2.42. The van der Waals surface area contributed by atoms with E-state index >= 15 is 0 Å². The number of nitrogens with zero attached hydrogens (tertiary/aromatic N) is 2. The SMILES string of the molecule is Cc1cccc(N2CCC(CC(=O)OC(=O)C(F)(F)F)CC2)c1C#N. The molecule has 1 saturated heterocycles. The van der Waals surface area contributed by atoms with Gasteiger partial charge in [0, 0.05) is 19.5 Å². The van der Waals surface area contributed by atoms with E-state index in [1.54, 1.807) is 0 Å². The maximum absolute atomic E-state index is 12.1. The predicted octanol–water partition coefficient (Wildman–Crippen LogP) is 3.11. The van der Waals surface area contributed by atoms with Gasteiger partial charge in [-0.1, -0.05) is 12.1 Å². The molecule has 0 N–H and O–H groups in total. The van der Waals surface area contributed by atoms with Gasteiger partial charge in [-0.05, 0) is 37.3 Å². The van der Waals surface area contributed by atoms with Crippen molar-refractivity contribution in [3.05, 3.63) is 29.3 Å². The van der Waals surface area contributed by atoms with Gasteiger partial charge in [-0.15, -0.1) is 0 Å². The standard InChI is InChI=1S/C17H17F3N2O3/c1-11-3-2-4-14(13(11)10-21)22-7-5-12(6-8-22)9-15(23)25-16(24)17(18,19)20/h2-4,12H,5-9H2,1H3. The molecule has 0 saturated carbocycles. The second-order valence-corrected chi connectivity index (χ2v) is 5.97. The van der Waals surface area contributed by atoms with Gasteiger partial charge in [-0.25, -0.2) is 4.79 Å². The van der Waals surface area contributed by atoms with Gasteiger partial charge in [-0.3, -0.25) is 4.79 Å². The van der Waals surface area contributed by atoms with Crippen LogP contribution in [0.4, 0.5) is 18.9 Å². The summed E-state index contributed by atoms with van der Waals surface area (Å²) in [5.41, 5.74) is 2.28. The van der Waals surface area contributed by atoms with Crippen LogP contribution < -0.4 is 4.90 Å². The minimum Gasteiger partial charge on any atom is -0.386 e. The second kappa shape index (κ2) is 7.55. The molecule has 0 spiro atoms. The molecule has 0 atom stereocenters. The maximum Gasteiger partial charge on any atom is 0.491 e. The van der Waals surface area contributed by atoms with Gasteiger partial charge in [0.05, 0.1) is 11.3 Å². The summed E-state index contributed by atoms with van der Waals surface area (Å²) in [7, 11) is 0. The summed E-state index contributed by atoms with van der Waals surface area (Å²) in [6.45, 7) is 3.00. The normalized spacial score (nSPS) is 15.6. The molecule has 25 heavy (non-hydrogen) atoms. The van der Waals surface area contributed by atoms with Crippen molar-refractivity contribution in [3.63, 3.8) is 0 Å².